The van der Waals surface area contributed by atoms with E-state index >= 15 is 0 Å². The van der Waals surface area contributed by atoms with Crippen LogP contribution in [0, 0.1) is 17.8 Å². The molecule has 1 aliphatic rings. The average molecular weight is 480 g/mol. The molecule has 5 nitrogen and oxygen atoms in total. The van der Waals surface area contributed by atoms with Crippen LogP contribution in [-0.2, 0) is 4.79 Å². The summed E-state index contributed by atoms with van der Waals surface area (Å²) in [5.41, 5.74) is 0. The zero-order valence-corrected chi connectivity index (χ0v) is 21.3. The van der Waals surface area contributed by atoms with E-state index in [-0.39, 0.29) is 11.9 Å². The molecule has 2 radical (unpaired) electrons. The summed E-state index contributed by atoms with van der Waals surface area (Å²) in [7, 11) is 5.36. The van der Waals surface area contributed by atoms with Gasteiger partial charge in [0.1, 0.15) is 6.04 Å². The predicted molar refractivity (Wildman–Crippen MR) is 141 cm³/mol. The van der Waals surface area contributed by atoms with E-state index in [1.807, 2.05) is 37.3 Å². The number of benzene rings is 2. The first-order chi connectivity index (χ1) is 16.3. The molecule has 0 aliphatic heterocycles. The number of thioether (sulfide) groups is 1. The topological polar surface area (TPSA) is 78.4 Å². The summed E-state index contributed by atoms with van der Waals surface area (Å²) >= 11 is 1.49. The van der Waals surface area contributed by atoms with Gasteiger partial charge in [-0.05, 0) is 59.9 Å². The number of carbonyl (C=O) groups is 2. The molecule has 6 unspecified atom stereocenters. The van der Waals surface area contributed by atoms with Crippen LogP contribution in [0.3, 0.4) is 0 Å². The van der Waals surface area contributed by atoms with E-state index in [0.29, 0.717) is 36.3 Å². The number of rotatable bonds is 10. The summed E-state index contributed by atoms with van der Waals surface area (Å²) in [5.74, 6) is 1.02. The molecule has 182 valence electrons. The fraction of sp³-hybridized carbons (Fsp3) is 0.556. The molecule has 2 aromatic carbocycles. The van der Waals surface area contributed by atoms with E-state index in [1.165, 1.54) is 24.6 Å². The Hall–Kier alpha value is -1.99. The van der Waals surface area contributed by atoms with Gasteiger partial charge in [-0.2, -0.15) is 0 Å². The van der Waals surface area contributed by atoms with Gasteiger partial charge in [0.15, 0.2) is 5.81 Å². The van der Waals surface area contributed by atoms with E-state index < -0.39 is 18.0 Å². The monoisotopic (exact) mass is 480 g/mol. The number of fused-ring (bicyclic) bond motifs is 1. The highest BCUT2D eigenvalue weighted by Crippen LogP contribution is 2.36. The number of hydrogen-bond donors (Lipinski definition) is 3. The molecule has 2 aromatic rings. The van der Waals surface area contributed by atoms with Gasteiger partial charge in [0.05, 0.1) is 12.1 Å². The summed E-state index contributed by atoms with van der Waals surface area (Å²) < 4.78 is 0. The summed E-state index contributed by atoms with van der Waals surface area (Å²) in [6.07, 6.45) is 4.25. The van der Waals surface area contributed by atoms with Gasteiger partial charge in [-0.3, -0.25) is 9.59 Å². The number of aliphatic hydroxyl groups excluding tert-OH is 1. The highest BCUT2D eigenvalue weighted by Gasteiger charge is 2.31. The van der Waals surface area contributed by atoms with Crippen LogP contribution >= 0.6 is 11.8 Å². The minimum absolute atomic E-state index is 0.317. The predicted octanol–water partition coefficient (Wildman–Crippen LogP) is 4.90. The largest absolute Gasteiger partial charge is 0.391 e. The van der Waals surface area contributed by atoms with E-state index in [1.54, 1.807) is 0 Å². The molecule has 1 fully saturated rings. The second-order valence-electron chi connectivity index (χ2n) is 9.86. The summed E-state index contributed by atoms with van der Waals surface area (Å²) in [5, 5.41) is 18.8. The Balaban J connectivity index is 1.61. The standard InChI is InChI=1S/C27H37BN2O3S/c1-4-23(25(31)15-21-13-17(2)9-10-18(21)3)29-26(32)24(30-27(28)33)16-34-22-12-11-19-7-5-6-8-20(19)14-22/h5-8,11-12,14,17-18,21,23-25,31H,4,9-10,13,15-16H2,1-3H3,(H,29,32)(H,30,33). The maximum Gasteiger partial charge on any atom is 0.243 e. The van der Waals surface area contributed by atoms with Crippen molar-refractivity contribution in [1.82, 2.24) is 10.6 Å². The second-order valence-corrected chi connectivity index (χ2v) is 11.0. The quantitative estimate of drug-likeness (QED) is 0.334. The van der Waals surface area contributed by atoms with Crippen molar-refractivity contribution in [1.29, 1.82) is 0 Å². The van der Waals surface area contributed by atoms with E-state index in [4.69, 9.17) is 7.85 Å². The van der Waals surface area contributed by atoms with Crippen molar-refractivity contribution in [3.63, 3.8) is 0 Å². The van der Waals surface area contributed by atoms with Crippen LogP contribution in [0.5, 0.6) is 0 Å². The maximum absolute atomic E-state index is 13.1. The molecule has 0 aromatic heterocycles. The van der Waals surface area contributed by atoms with Crippen LogP contribution < -0.4 is 10.6 Å². The third-order valence-electron chi connectivity index (χ3n) is 7.17. The Kier molecular flexibility index (Phi) is 9.90. The third-order valence-corrected chi connectivity index (χ3v) is 8.26. The number of aliphatic hydroxyl groups is 1. The first-order valence-electron chi connectivity index (χ1n) is 12.4. The fourth-order valence-corrected chi connectivity index (χ4v) is 5.97. The molecule has 0 saturated heterocycles. The van der Waals surface area contributed by atoms with Gasteiger partial charge >= 0.3 is 0 Å². The van der Waals surface area contributed by atoms with Crippen molar-refractivity contribution in [3.05, 3.63) is 42.5 Å². The lowest BCUT2D eigenvalue weighted by atomic mass is 9.73. The van der Waals surface area contributed by atoms with Crippen molar-refractivity contribution in [2.24, 2.45) is 17.8 Å². The molecule has 1 saturated carbocycles. The summed E-state index contributed by atoms with van der Waals surface area (Å²) in [6.45, 7) is 6.50. The van der Waals surface area contributed by atoms with Gasteiger partial charge in [-0.25, -0.2) is 0 Å². The Bertz CT molecular complexity index is 972. The Morgan fingerprint density at radius 2 is 1.85 bits per heavy atom. The highest BCUT2D eigenvalue weighted by molar-refractivity contribution is 7.99. The van der Waals surface area contributed by atoms with Crippen LogP contribution in [-0.4, -0.2) is 48.6 Å². The third kappa shape index (κ3) is 7.51. The van der Waals surface area contributed by atoms with Crippen LogP contribution in [0.2, 0.25) is 0 Å². The number of hydrogen-bond acceptors (Lipinski definition) is 4. The Morgan fingerprint density at radius 1 is 1.12 bits per heavy atom. The molecular weight excluding hydrogens is 443 g/mol. The summed E-state index contributed by atoms with van der Waals surface area (Å²) in [6, 6.07) is 13.1. The first kappa shape index (κ1) is 26.6. The lowest BCUT2D eigenvalue weighted by Gasteiger charge is -2.36. The van der Waals surface area contributed by atoms with Crippen molar-refractivity contribution in [3.8, 4) is 0 Å². The number of nitrogens with one attached hydrogen (secondary N) is 2. The highest BCUT2D eigenvalue weighted by atomic mass is 32.2. The minimum Gasteiger partial charge on any atom is -0.391 e. The Labute approximate surface area is 209 Å². The van der Waals surface area contributed by atoms with Crippen molar-refractivity contribution in [2.45, 2.75) is 76.0 Å². The number of amides is 2. The lowest BCUT2D eigenvalue weighted by molar-refractivity contribution is -0.124. The second kappa shape index (κ2) is 12.6. The number of carbonyl (C=O) groups excluding carboxylic acids is 2. The molecule has 3 rings (SSSR count). The van der Waals surface area contributed by atoms with E-state index in [0.717, 1.165) is 22.1 Å². The molecule has 1 aliphatic carbocycles. The van der Waals surface area contributed by atoms with E-state index in [2.05, 4.69) is 36.6 Å². The molecule has 7 heteroatoms. The zero-order chi connectivity index (χ0) is 24.7. The van der Waals surface area contributed by atoms with Gasteiger partial charge < -0.3 is 15.7 Å². The molecule has 0 heterocycles. The molecule has 0 spiro atoms. The summed E-state index contributed by atoms with van der Waals surface area (Å²) in [4.78, 5) is 25.7. The van der Waals surface area contributed by atoms with Crippen LogP contribution in [0.25, 0.3) is 10.8 Å². The zero-order valence-electron chi connectivity index (χ0n) is 20.5. The molecule has 34 heavy (non-hydrogen) atoms. The van der Waals surface area contributed by atoms with E-state index in [9.17, 15) is 14.7 Å². The van der Waals surface area contributed by atoms with Gasteiger partial charge in [-0.1, -0.05) is 63.9 Å². The lowest BCUT2D eigenvalue weighted by Crippen LogP contribution is -2.53. The first-order valence-corrected chi connectivity index (χ1v) is 13.4. The van der Waals surface area contributed by atoms with Crippen molar-refractivity contribution >= 4 is 42.1 Å². The maximum atomic E-state index is 13.1. The fourth-order valence-electron chi connectivity index (χ4n) is 5.00. The van der Waals surface area contributed by atoms with Crippen LogP contribution in [0.4, 0.5) is 4.79 Å². The molecule has 0 bridgehead atoms. The molecule has 3 N–H and O–H groups in total. The van der Waals surface area contributed by atoms with Crippen molar-refractivity contribution < 1.29 is 14.7 Å². The van der Waals surface area contributed by atoms with Crippen molar-refractivity contribution in [2.75, 3.05) is 5.75 Å². The molecule has 2 amide bonds. The van der Waals surface area contributed by atoms with Gasteiger partial charge in [0.25, 0.3) is 0 Å². The average Bonchev–Trinajstić information content (AvgIpc) is 2.81. The van der Waals surface area contributed by atoms with Crippen LogP contribution in [0.1, 0.15) is 52.9 Å². The molecular formula is C27H37BN2O3S. The van der Waals surface area contributed by atoms with Gasteiger partial charge in [0, 0.05) is 10.6 Å². The smallest absolute Gasteiger partial charge is 0.243 e. The minimum atomic E-state index is -0.788. The Morgan fingerprint density at radius 3 is 2.56 bits per heavy atom. The normalized spacial score (nSPS) is 23.1. The molecule has 6 atom stereocenters. The SMILES string of the molecule is [B]C(=O)NC(CSc1ccc2ccccc2c1)C(=O)NC(CC)C(O)CC1CC(C)CCC1C. The van der Waals surface area contributed by atoms with Gasteiger partial charge in [-0.15, -0.1) is 11.8 Å². The van der Waals surface area contributed by atoms with Gasteiger partial charge in [0.2, 0.25) is 13.8 Å². The van der Waals surface area contributed by atoms with Crippen LogP contribution in [0.15, 0.2) is 47.4 Å².